The molecule has 0 spiro atoms. The Labute approximate surface area is 93.2 Å². The molecule has 0 radical (unpaired) electrons. The van der Waals surface area contributed by atoms with Crippen LogP contribution >= 0.6 is 11.6 Å². The first-order chi connectivity index (χ1) is 7.29. The molecule has 0 aliphatic carbocycles. The van der Waals surface area contributed by atoms with Gasteiger partial charge in [0.2, 0.25) is 0 Å². The fourth-order valence-electron chi connectivity index (χ4n) is 1.47. The van der Waals surface area contributed by atoms with Gasteiger partial charge in [-0.25, -0.2) is 0 Å². The van der Waals surface area contributed by atoms with Crippen molar-refractivity contribution in [2.75, 3.05) is 13.2 Å². The standard InChI is InChI=1S/C11H10ClNO2/c12-9-2-1-8(6-13)11(5-9)15-10-3-4-14-7-10/h1-2,5,10H,3-4,7H2. The van der Waals surface area contributed by atoms with Crippen LogP contribution in [0.4, 0.5) is 0 Å². The molecular weight excluding hydrogens is 214 g/mol. The highest BCUT2D eigenvalue weighted by atomic mass is 35.5. The Kier molecular flexibility index (Phi) is 3.10. The van der Waals surface area contributed by atoms with E-state index in [-0.39, 0.29) is 6.10 Å². The van der Waals surface area contributed by atoms with Gasteiger partial charge in [-0.05, 0) is 12.1 Å². The molecule has 1 fully saturated rings. The van der Waals surface area contributed by atoms with Crippen LogP contribution in [0.15, 0.2) is 18.2 Å². The summed E-state index contributed by atoms with van der Waals surface area (Å²) in [6.45, 7) is 1.30. The molecule has 3 nitrogen and oxygen atoms in total. The quantitative estimate of drug-likeness (QED) is 0.773. The van der Waals surface area contributed by atoms with Gasteiger partial charge in [0.1, 0.15) is 17.9 Å². The summed E-state index contributed by atoms with van der Waals surface area (Å²) in [5, 5.41) is 9.45. The summed E-state index contributed by atoms with van der Waals surface area (Å²) in [6.07, 6.45) is 0.896. The smallest absolute Gasteiger partial charge is 0.139 e. The maximum Gasteiger partial charge on any atom is 0.139 e. The van der Waals surface area contributed by atoms with E-state index in [0.717, 1.165) is 6.42 Å². The second-order valence-corrected chi connectivity index (χ2v) is 3.79. The van der Waals surface area contributed by atoms with Gasteiger partial charge in [-0.3, -0.25) is 0 Å². The first kappa shape index (κ1) is 10.3. The maximum atomic E-state index is 8.88. The summed E-state index contributed by atoms with van der Waals surface area (Å²) in [5.74, 6) is 0.542. The van der Waals surface area contributed by atoms with Gasteiger partial charge in [0.25, 0.3) is 0 Å². The van der Waals surface area contributed by atoms with Crippen molar-refractivity contribution in [3.05, 3.63) is 28.8 Å². The normalized spacial score (nSPS) is 19.9. The average molecular weight is 224 g/mol. The molecule has 0 bridgehead atoms. The summed E-state index contributed by atoms with van der Waals surface area (Å²) < 4.78 is 10.8. The summed E-state index contributed by atoms with van der Waals surface area (Å²) >= 11 is 5.84. The number of ether oxygens (including phenoxy) is 2. The van der Waals surface area contributed by atoms with E-state index in [0.29, 0.717) is 29.5 Å². The van der Waals surface area contributed by atoms with Crippen LogP contribution in [0.25, 0.3) is 0 Å². The van der Waals surface area contributed by atoms with Crippen molar-refractivity contribution in [2.24, 2.45) is 0 Å². The van der Waals surface area contributed by atoms with Gasteiger partial charge in [0, 0.05) is 17.5 Å². The zero-order chi connectivity index (χ0) is 10.7. The van der Waals surface area contributed by atoms with E-state index >= 15 is 0 Å². The van der Waals surface area contributed by atoms with Crippen molar-refractivity contribution in [3.63, 3.8) is 0 Å². The fraction of sp³-hybridized carbons (Fsp3) is 0.364. The Morgan fingerprint density at radius 2 is 2.40 bits per heavy atom. The van der Waals surface area contributed by atoms with Crippen molar-refractivity contribution in [1.82, 2.24) is 0 Å². The van der Waals surface area contributed by atoms with Crippen LogP contribution in [0, 0.1) is 11.3 Å². The van der Waals surface area contributed by atoms with Crippen molar-refractivity contribution in [1.29, 1.82) is 5.26 Å². The van der Waals surface area contributed by atoms with E-state index in [9.17, 15) is 0 Å². The van der Waals surface area contributed by atoms with E-state index in [1.807, 2.05) is 0 Å². The van der Waals surface area contributed by atoms with Crippen LogP contribution < -0.4 is 4.74 Å². The van der Waals surface area contributed by atoms with Crippen LogP contribution in [0.3, 0.4) is 0 Å². The number of nitrogens with zero attached hydrogens (tertiary/aromatic N) is 1. The zero-order valence-corrected chi connectivity index (χ0v) is 8.83. The molecule has 1 unspecified atom stereocenters. The molecule has 15 heavy (non-hydrogen) atoms. The lowest BCUT2D eigenvalue weighted by molar-refractivity contribution is 0.141. The molecule has 0 amide bonds. The number of hydrogen-bond donors (Lipinski definition) is 0. The highest BCUT2D eigenvalue weighted by Gasteiger charge is 2.18. The molecule has 2 rings (SSSR count). The Morgan fingerprint density at radius 3 is 3.07 bits per heavy atom. The summed E-state index contributed by atoms with van der Waals surface area (Å²) in [4.78, 5) is 0. The van der Waals surface area contributed by atoms with Crippen LogP contribution in [0.2, 0.25) is 5.02 Å². The van der Waals surface area contributed by atoms with Gasteiger partial charge < -0.3 is 9.47 Å². The average Bonchev–Trinajstić information content (AvgIpc) is 2.71. The molecule has 1 aromatic rings. The molecule has 1 aliphatic heterocycles. The van der Waals surface area contributed by atoms with Crippen molar-refractivity contribution in [3.8, 4) is 11.8 Å². The first-order valence-electron chi connectivity index (χ1n) is 4.73. The maximum absolute atomic E-state index is 8.88. The third-order valence-electron chi connectivity index (χ3n) is 2.25. The van der Waals surface area contributed by atoms with Crippen molar-refractivity contribution < 1.29 is 9.47 Å². The van der Waals surface area contributed by atoms with Gasteiger partial charge in [-0.1, -0.05) is 11.6 Å². The summed E-state index contributed by atoms with van der Waals surface area (Å²) in [7, 11) is 0. The molecule has 78 valence electrons. The van der Waals surface area contributed by atoms with E-state index in [1.54, 1.807) is 18.2 Å². The summed E-state index contributed by atoms with van der Waals surface area (Å²) in [5.41, 5.74) is 0.506. The van der Waals surface area contributed by atoms with Crippen LogP contribution in [0.5, 0.6) is 5.75 Å². The SMILES string of the molecule is N#Cc1ccc(Cl)cc1OC1CCOC1. The topological polar surface area (TPSA) is 42.2 Å². The van der Waals surface area contributed by atoms with Crippen LogP contribution in [-0.2, 0) is 4.74 Å². The lowest BCUT2D eigenvalue weighted by atomic mass is 10.2. The minimum atomic E-state index is 0.0376. The Morgan fingerprint density at radius 1 is 1.53 bits per heavy atom. The second kappa shape index (κ2) is 4.52. The third kappa shape index (κ3) is 2.41. The molecule has 1 saturated heterocycles. The zero-order valence-electron chi connectivity index (χ0n) is 8.07. The molecule has 0 N–H and O–H groups in total. The predicted molar refractivity (Wildman–Crippen MR) is 56.0 cm³/mol. The van der Waals surface area contributed by atoms with Crippen molar-refractivity contribution in [2.45, 2.75) is 12.5 Å². The Hall–Kier alpha value is -1.24. The molecule has 1 aromatic carbocycles. The first-order valence-corrected chi connectivity index (χ1v) is 5.11. The van der Waals surface area contributed by atoms with Gasteiger partial charge in [-0.2, -0.15) is 5.26 Å². The molecule has 1 atom stereocenters. The Balaban J connectivity index is 2.18. The van der Waals surface area contributed by atoms with Crippen LogP contribution in [0.1, 0.15) is 12.0 Å². The third-order valence-corrected chi connectivity index (χ3v) is 2.48. The van der Waals surface area contributed by atoms with Crippen LogP contribution in [-0.4, -0.2) is 19.3 Å². The number of rotatable bonds is 2. The molecular formula is C11H10ClNO2. The van der Waals surface area contributed by atoms with Gasteiger partial charge in [0.15, 0.2) is 0 Å². The number of hydrogen-bond acceptors (Lipinski definition) is 3. The molecule has 0 saturated carbocycles. The lowest BCUT2D eigenvalue weighted by Crippen LogP contribution is -2.16. The summed E-state index contributed by atoms with van der Waals surface area (Å²) in [6, 6.07) is 7.08. The largest absolute Gasteiger partial charge is 0.486 e. The monoisotopic (exact) mass is 223 g/mol. The van der Waals surface area contributed by atoms with E-state index in [4.69, 9.17) is 26.3 Å². The highest BCUT2D eigenvalue weighted by Crippen LogP contribution is 2.25. The molecule has 1 aliphatic rings. The minimum Gasteiger partial charge on any atom is -0.486 e. The Bertz CT molecular complexity index is 394. The molecule has 4 heteroatoms. The molecule has 1 heterocycles. The predicted octanol–water partition coefficient (Wildman–Crippen LogP) is 2.38. The minimum absolute atomic E-state index is 0.0376. The number of benzene rings is 1. The van der Waals surface area contributed by atoms with Crippen molar-refractivity contribution >= 4 is 11.6 Å². The number of nitriles is 1. The van der Waals surface area contributed by atoms with E-state index in [2.05, 4.69) is 6.07 Å². The highest BCUT2D eigenvalue weighted by molar-refractivity contribution is 6.30. The lowest BCUT2D eigenvalue weighted by Gasteiger charge is -2.12. The van der Waals surface area contributed by atoms with Gasteiger partial charge in [0.05, 0.1) is 18.8 Å². The van der Waals surface area contributed by atoms with E-state index < -0.39 is 0 Å². The molecule has 0 aromatic heterocycles. The van der Waals surface area contributed by atoms with E-state index in [1.165, 1.54) is 0 Å². The second-order valence-electron chi connectivity index (χ2n) is 3.36. The fourth-order valence-corrected chi connectivity index (χ4v) is 1.63. The number of halogens is 1. The van der Waals surface area contributed by atoms with Gasteiger partial charge in [-0.15, -0.1) is 0 Å². The van der Waals surface area contributed by atoms with Gasteiger partial charge >= 0.3 is 0 Å².